The minimum atomic E-state index is -1.54. The van der Waals surface area contributed by atoms with Crippen LogP contribution in [0.2, 0.25) is 0 Å². The van der Waals surface area contributed by atoms with Gasteiger partial charge in [-0.25, -0.2) is 18.3 Å². The molecule has 2 aromatic heterocycles. The zero-order chi connectivity index (χ0) is 57.8. The summed E-state index contributed by atoms with van der Waals surface area (Å²) >= 11 is 0. The van der Waals surface area contributed by atoms with Crippen molar-refractivity contribution in [2.75, 3.05) is 117 Å². The predicted octanol–water partition coefficient (Wildman–Crippen LogP) is 0.911. The monoisotopic (exact) mass is 1120 g/mol. The van der Waals surface area contributed by atoms with Gasteiger partial charge in [-0.1, -0.05) is 0 Å². The number of carbonyl (C=O) groups is 8. The lowest BCUT2D eigenvalue weighted by Gasteiger charge is -2.41. The number of amides is 4. The summed E-state index contributed by atoms with van der Waals surface area (Å²) in [5.74, 6) is -8.51. The van der Waals surface area contributed by atoms with Gasteiger partial charge in [0, 0.05) is 106 Å². The van der Waals surface area contributed by atoms with Crippen LogP contribution in [0.15, 0.2) is 48.8 Å². The molecular weight excluding hydrogens is 1060 g/mol. The highest BCUT2D eigenvalue weighted by atomic mass is 19.1. The van der Waals surface area contributed by atoms with E-state index in [9.17, 15) is 67.6 Å². The lowest BCUT2D eigenvalue weighted by Crippen LogP contribution is -2.55. The molecule has 1 atom stereocenters. The Labute approximate surface area is 457 Å². The van der Waals surface area contributed by atoms with E-state index in [0.29, 0.717) is 46.1 Å². The first kappa shape index (κ1) is 59.5. The van der Waals surface area contributed by atoms with Gasteiger partial charge in [-0.3, -0.25) is 58.1 Å². The van der Waals surface area contributed by atoms with E-state index >= 15 is 0 Å². The van der Waals surface area contributed by atoms with E-state index in [-0.39, 0.29) is 122 Å². The average molecular weight is 1120 g/mol. The zero-order valence-electron chi connectivity index (χ0n) is 44.2. The summed E-state index contributed by atoms with van der Waals surface area (Å²) in [6, 6.07) is 6.22. The Morgan fingerprint density at radius 2 is 1.31 bits per heavy atom. The van der Waals surface area contributed by atoms with Gasteiger partial charge < -0.3 is 55.5 Å². The quantitative estimate of drug-likeness (QED) is 0.0647. The normalized spacial score (nSPS) is 16.8. The van der Waals surface area contributed by atoms with Crippen molar-refractivity contribution in [3.8, 4) is 39.6 Å². The summed E-state index contributed by atoms with van der Waals surface area (Å²) in [6.07, 6.45) is 2.05. The topological polar surface area (TPSA) is 328 Å². The number of nitrogens with zero attached hydrogens (tertiary/aromatic N) is 8. The summed E-state index contributed by atoms with van der Waals surface area (Å²) in [5, 5.41) is 50.6. The van der Waals surface area contributed by atoms with Gasteiger partial charge in [0.2, 0.25) is 17.7 Å². The van der Waals surface area contributed by atoms with Crippen molar-refractivity contribution in [1.82, 2.24) is 49.9 Å². The van der Waals surface area contributed by atoms with E-state index in [2.05, 4.69) is 26.0 Å². The van der Waals surface area contributed by atoms with E-state index in [1.807, 2.05) is 13.8 Å². The number of hydrogen-bond donors (Lipinski definition) is 7. The second kappa shape index (κ2) is 26.6. The van der Waals surface area contributed by atoms with E-state index in [1.165, 1.54) is 24.2 Å². The summed E-state index contributed by atoms with van der Waals surface area (Å²) in [6.45, 7) is 3.52. The number of carboxylic acids is 4. The predicted molar refractivity (Wildman–Crippen MR) is 278 cm³/mol. The average Bonchev–Trinajstić information content (AvgIpc) is 3.90. The summed E-state index contributed by atoms with van der Waals surface area (Å²) < 4.78 is 48.5. The minimum Gasteiger partial charge on any atom is -0.496 e. The van der Waals surface area contributed by atoms with Crippen molar-refractivity contribution < 1.29 is 81.8 Å². The Bertz CT molecular complexity index is 2940. The Balaban J connectivity index is 0.992. The number of nitrogens with one attached hydrogen (secondary N) is 3. The first-order valence-electron chi connectivity index (χ1n) is 25.5. The standard InChI is InChI=1S/C52H63F2N11O15/c1-52(2)30-79-15-14-64(52)50(75)48-38-29-80-41-21-40(78-3)36(20-37(41)49(38)65(59-48)35-18-32(53)17-33(54)19-35)31-16-34(23-55-22-31)57-43(67)24-56-42(66)5-4-39(51(76)77)58-44(68)25-60-6-8-61(26-45(69)70)10-12-63(28-47(73)74)13-11-62(9-7-60)27-46(71)72/h16-23,39H,4-15,24-30H2,1-3H3,(H,56,66)(H,57,67)(H,58,68)(H,69,70)(H,71,72)(H,73,74)(H,76,77). The third-order valence-electron chi connectivity index (χ3n) is 13.5. The van der Waals surface area contributed by atoms with Crippen LogP contribution < -0.4 is 25.4 Å². The molecule has 3 aliphatic heterocycles. The number of aromatic nitrogens is 3. The van der Waals surface area contributed by atoms with Crippen LogP contribution in [-0.2, 0) is 44.9 Å². The third kappa shape index (κ3) is 15.8. The second-order valence-corrected chi connectivity index (χ2v) is 19.9. The highest BCUT2D eigenvalue weighted by Gasteiger charge is 2.40. The van der Waals surface area contributed by atoms with E-state index < -0.39 is 83.7 Å². The van der Waals surface area contributed by atoms with Crippen LogP contribution >= 0.6 is 0 Å². The smallest absolute Gasteiger partial charge is 0.326 e. The molecular formula is C52H63F2N11O15. The summed E-state index contributed by atoms with van der Waals surface area (Å²) in [7, 11) is 1.43. The fourth-order valence-corrected chi connectivity index (χ4v) is 9.55. The van der Waals surface area contributed by atoms with Crippen LogP contribution in [0.4, 0.5) is 14.5 Å². The molecule has 0 aliphatic carbocycles. The molecule has 1 unspecified atom stereocenters. The molecule has 0 saturated carbocycles. The van der Waals surface area contributed by atoms with E-state index in [4.69, 9.17) is 14.2 Å². The molecule has 26 nitrogen and oxygen atoms in total. The van der Waals surface area contributed by atoms with Gasteiger partial charge in [0.05, 0.1) is 81.9 Å². The number of anilines is 1. The number of rotatable bonds is 20. The largest absolute Gasteiger partial charge is 0.496 e. The van der Waals surface area contributed by atoms with Crippen molar-refractivity contribution in [3.05, 3.63) is 71.7 Å². The highest BCUT2D eigenvalue weighted by Crippen LogP contribution is 2.46. The number of pyridine rings is 1. The van der Waals surface area contributed by atoms with Crippen molar-refractivity contribution >= 4 is 53.2 Å². The molecule has 7 N–H and O–H groups in total. The Morgan fingerprint density at radius 3 is 1.86 bits per heavy atom. The van der Waals surface area contributed by atoms with Crippen LogP contribution in [0.3, 0.4) is 0 Å². The number of ether oxygens (including phenoxy) is 3. The van der Waals surface area contributed by atoms with Crippen molar-refractivity contribution in [2.24, 2.45) is 0 Å². The van der Waals surface area contributed by atoms with E-state index in [0.717, 1.165) is 18.2 Å². The lowest BCUT2D eigenvalue weighted by atomic mass is 9.95. The SMILES string of the molecule is COc1cc2c(cc1-c1cncc(NC(=O)CNC(=O)CCC(NC(=O)CN3CCN(CC(=O)O)CCN(CC(=O)O)CCN(CC(=O)O)CC3)C(=O)O)c1)-c1c(c(C(=O)N3CCOCC3(C)C)nn1-c1cc(F)cc(F)c1)CO2. The summed E-state index contributed by atoms with van der Waals surface area (Å²) in [4.78, 5) is 113. The minimum absolute atomic E-state index is 0.00374. The number of halogens is 2. The Hall–Kier alpha value is -8.18. The van der Waals surface area contributed by atoms with Crippen LogP contribution in [0.5, 0.6) is 11.5 Å². The number of hydrogen-bond acceptors (Lipinski definition) is 17. The molecule has 5 heterocycles. The Morgan fingerprint density at radius 1 is 0.725 bits per heavy atom. The first-order chi connectivity index (χ1) is 38.1. The molecule has 3 aliphatic rings. The number of fused-ring (bicyclic) bond motifs is 3. The number of methoxy groups -OCH3 is 1. The van der Waals surface area contributed by atoms with Gasteiger partial charge >= 0.3 is 23.9 Å². The fourth-order valence-electron chi connectivity index (χ4n) is 9.55. The first-order valence-corrected chi connectivity index (χ1v) is 25.5. The number of benzene rings is 2. The number of morpholine rings is 1. The maximum atomic E-state index is 14.8. The molecule has 2 saturated heterocycles. The maximum Gasteiger partial charge on any atom is 0.326 e. The zero-order valence-corrected chi connectivity index (χ0v) is 44.2. The van der Waals surface area contributed by atoms with Crippen LogP contribution in [-0.4, -0.2) is 231 Å². The number of carboxylic acid groups (broad SMARTS) is 4. The molecule has 0 bridgehead atoms. The van der Waals surface area contributed by atoms with Gasteiger partial charge in [0.25, 0.3) is 5.91 Å². The molecule has 0 radical (unpaired) electrons. The number of aliphatic carboxylic acids is 4. The molecule has 80 heavy (non-hydrogen) atoms. The van der Waals surface area contributed by atoms with Crippen LogP contribution in [0, 0.1) is 11.6 Å². The van der Waals surface area contributed by atoms with Gasteiger partial charge in [0.1, 0.15) is 35.8 Å². The lowest BCUT2D eigenvalue weighted by molar-refractivity contribution is -0.142. The highest BCUT2D eigenvalue weighted by molar-refractivity contribution is 5.98. The van der Waals surface area contributed by atoms with Gasteiger partial charge in [-0.15, -0.1) is 0 Å². The third-order valence-corrected chi connectivity index (χ3v) is 13.5. The molecule has 4 aromatic rings. The molecule has 2 aromatic carbocycles. The van der Waals surface area contributed by atoms with Gasteiger partial charge in [-0.2, -0.15) is 5.10 Å². The van der Waals surface area contributed by atoms with Crippen molar-refractivity contribution in [2.45, 2.75) is 44.9 Å². The molecule has 7 rings (SSSR count). The Kier molecular flexibility index (Phi) is 19.8. The van der Waals surface area contributed by atoms with E-state index in [1.54, 1.807) is 42.7 Å². The molecule has 430 valence electrons. The van der Waals surface area contributed by atoms with Gasteiger partial charge in [-0.05, 0) is 44.5 Å². The molecule has 0 spiro atoms. The van der Waals surface area contributed by atoms with Crippen molar-refractivity contribution in [1.29, 1.82) is 0 Å². The maximum absolute atomic E-state index is 14.8. The second-order valence-electron chi connectivity index (χ2n) is 19.9. The number of carbonyl (C=O) groups excluding carboxylic acids is 4. The van der Waals surface area contributed by atoms with Crippen LogP contribution in [0.25, 0.3) is 28.1 Å². The summed E-state index contributed by atoms with van der Waals surface area (Å²) in [5.41, 5.74) is 1.44. The molecule has 2 fully saturated rings. The van der Waals surface area contributed by atoms with Gasteiger partial charge in [0.15, 0.2) is 5.69 Å². The molecule has 28 heteroatoms. The fraction of sp³-hybridized carbons (Fsp3) is 0.462. The van der Waals surface area contributed by atoms with Crippen molar-refractivity contribution in [3.63, 3.8) is 0 Å². The van der Waals surface area contributed by atoms with Crippen LogP contribution in [0.1, 0.15) is 42.7 Å². The molecule has 4 amide bonds.